The van der Waals surface area contributed by atoms with Crippen molar-refractivity contribution in [2.24, 2.45) is 13.0 Å². The fourth-order valence-electron chi connectivity index (χ4n) is 2.18. The zero-order chi connectivity index (χ0) is 12.0. The van der Waals surface area contributed by atoms with Gasteiger partial charge in [-0.15, -0.1) is 0 Å². The highest BCUT2D eigenvalue weighted by molar-refractivity contribution is 5.77. The van der Waals surface area contributed by atoms with E-state index in [0.29, 0.717) is 11.3 Å². The number of benzene rings is 1. The van der Waals surface area contributed by atoms with Crippen LogP contribution in [-0.2, 0) is 13.6 Å². The second-order valence-corrected chi connectivity index (χ2v) is 4.72. The smallest absolute Gasteiger partial charge is 0.293 e. The van der Waals surface area contributed by atoms with Crippen LogP contribution in [0.4, 0.5) is 0 Å². The molecule has 88 valence electrons. The van der Waals surface area contributed by atoms with Crippen molar-refractivity contribution < 1.29 is 0 Å². The molecule has 1 heterocycles. The number of hydrogen-bond donors (Lipinski definition) is 0. The van der Waals surface area contributed by atoms with Gasteiger partial charge in [-0.3, -0.25) is 13.9 Å². The summed E-state index contributed by atoms with van der Waals surface area (Å²) in [7, 11) is 1.54. The summed E-state index contributed by atoms with van der Waals surface area (Å²) in [4.78, 5) is 24.0. The minimum Gasteiger partial charge on any atom is -0.293 e. The van der Waals surface area contributed by atoms with E-state index < -0.39 is 0 Å². The van der Waals surface area contributed by atoms with Crippen LogP contribution in [-0.4, -0.2) is 9.13 Å². The molecule has 0 unspecified atom stereocenters. The number of aromatic nitrogens is 2. The SMILES string of the molecule is Cn1c(=O)c2ccccc2n(CC2CC2)c1=O. The highest BCUT2D eigenvalue weighted by atomic mass is 16.2. The third kappa shape index (κ3) is 1.60. The molecule has 3 rings (SSSR count). The van der Waals surface area contributed by atoms with Gasteiger partial charge in [0.1, 0.15) is 0 Å². The van der Waals surface area contributed by atoms with Gasteiger partial charge in [-0.2, -0.15) is 0 Å². The summed E-state index contributed by atoms with van der Waals surface area (Å²) >= 11 is 0. The van der Waals surface area contributed by atoms with Crippen LogP contribution in [0.25, 0.3) is 10.9 Å². The average molecular weight is 230 g/mol. The lowest BCUT2D eigenvalue weighted by Crippen LogP contribution is -2.38. The fraction of sp³-hybridized carbons (Fsp3) is 0.385. The molecule has 0 bridgehead atoms. The van der Waals surface area contributed by atoms with E-state index in [1.807, 2.05) is 18.2 Å². The van der Waals surface area contributed by atoms with Gasteiger partial charge >= 0.3 is 5.69 Å². The van der Waals surface area contributed by atoms with Crippen LogP contribution < -0.4 is 11.2 Å². The molecule has 0 atom stereocenters. The Morgan fingerprint density at radius 3 is 2.65 bits per heavy atom. The van der Waals surface area contributed by atoms with Crippen molar-refractivity contribution in [2.75, 3.05) is 0 Å². The van der Waals surface area contributed by atoms with E-state index in [1.165, 1.54) is 17.4 Å². The van der Waals surface area contributed by atoms with Crippen LogP contribution in [0, 0.1) is 5.92 Å². The second-order valence-electron chi connectivity index (χ2n) is 4.72. The van der Waals surface area contributed by atoms with E-state index in [0.717, 1.165) is 12.1 Å². The van der Waals surface area contributed by atoms with Crippen LogP contribution >= 0.6 is 0 Å². The zero-order valence-electron chi connectivity index (χ0n) is 9.72. The van der Waals surface area contributed by atoms with Crippen molar-refractivity contribution in [3.05, 3.63) is 45.1 Å². The normalized spacial score (nSPS) is 15.4. The Bertz CT molecular complexity index is 693. The third-order valence-electron chi connectivity index (χ3n) is 3.39. The minimum atomic E-state index is -0.211. The van der Waals surface area contributed by atoms with Gasteiger partial charge in [0.05, 0.1) is 10.9 Å². The first-order chi connectivity index (χ1) is 8.18. The Balaban J connectivity index is 2.38. The Morgan fingerprint density at radius 1 is 1.24 bits per heavy atom. The number of para-hydroxylation sites is 1. The molecule has 1 aliphatic carbocycles. The standard InChI is InChI=1S/C13H14N2O2/c1-14-12(16)10-4-2-3-5-11(10)15(13(14)17)8-9-6-7-9/h2-5,9H,6-8H2,1H3. The molecule has 0 saturated heterocycles. The van der Waals surface area contributed by atoms with Crippen LogP contribution in [0.1, 0.15) is 12.8 Å². The van der Waals surface area contributed by atoms with Crippen molar-refractivity contribution in [1.29, 1.82) is 0 Å². The molecule has 0 radical (unpaired) electrons. The maximum absolute atomic E-state index is 12.1. The van der Waals surface area contributed by atoms with Gasteiger partial charge in [-0.05, 0) is 30.9 Å². The largest absolute Gasteiger partial charge is 0.331 e. The average Bonchev–Trinajstić information content (AvgIpc) is 3.16. The number of hydrogen-bond acceptors (Lipinski definition) is 2. The lowest BCUT2D eigenvalue weighted by molar-refractivity contribution is 0.581. The van der Waals surface area contributed by atoms with E-state index in [-0.39, 0.29) is 11.2 Å². The molecule has 4 nitrogen and oxygen atoms in total. The maximum atomic E-state index is 12.1. The van der Waals surface area contributed by atoms with Gasteiger partial charge in [-0.1, -0.05) is 12.1 Å². The van der Waals surface area contributed by atoms with Gasteiger partial charge in [0, 0.05) is 13.6 Å². The third-order valence-corrected chi connectivity index (χ3v) is 3.39. The molecule has 0 amide bonds. The summed E-state index contributed by atoms with van der Waals surface area (Å²) in [5.74, 6) is 0.605. The van der Waals surface area contributed by atoms with Crippen LogP contribution in [0.15, 0.2) is 33.9 Å². The molecule has 1 aromatic heterocycles. The van der Waals surface area contributed by atoms with E-state index in [4.69, 9.17) is 0 Å². The summed E-state index contributed by atoms with van der Waals surface area (Å²) < 4.78 is 2.93. The highest BCUT2D eigenvalue weighted by Crippen LogP contribution is 2.30. The molecule has 2 aromatic rings. The van der Waals surface area contributed by atoms with E-state index in [1.54, 1.807) is 17.7 Å². The monoisotopic (exact) mass is 230 g/mol. The zero-order valence-corrected chi connectivity index (χ0v) is 9.72. The lowest BCUT2D eigenvalue weighted by Gasteiger charge is -2.11. The molecule has 0 aliphatic heterocycles. The predicted molar refractivity (Wildman–Crippen MR) is 66.2 cm³/mol. The van der Waals surface area contributed by atoms with Gasteiger partial charge < -0.3 is 0 Å². The van der Waals surface area contributed by atoms with Crippen molar-refractivity contribution in [3.8, 4) is 0 Å². The first kappa shape index (κ1) is 10.3. The molecular weight excluding hydrogens is 216 g/mol. The molecule has 1 saturated carbocycles. The predicted octanol–water partition coefficient (Wildman–Crippen LogP) is 1.11. The molecular formula is C13H14N2O2. The first-order valence-corrected chi connectivity index (χ1v) is 5.87. The van der Waals surface area contributed by atoms with Crippen LogP contribution in [0.2, 0.25) is 0 Å². The number of nitrogens with zero attached hydrogens (tertiary/aromatic N) is 2. The molecule has 0 spiro atoms. The first-order valence-electron chi connectivity index (χ1n) is 5.87. The Morgan fingerprint density at radius 2 is 1.94 bits per heavy atom. The Kier molecular flexibility index (Phi) is 2.18. The molecule has 0 N–H and O–H groups in total. The summed E-state index contributed by atoms with van der Waals surface area (Å²) in [5.41, 5.74) is 0.339. The number of fused-ring (bicyclic) bond motifs is 1. The molecule has 1 aliphatic rings. The molecule has 17 heavy (non-hydrogen) atoms. The van der Waals surface area contributed by atoms with Gasteiger partial charge in [0.25, 0.3) is 5.56 Å². The molecule has 4 heteroatoms. The summed E-state index contributed by atoms with van der Waals surface area (Å²) in [6.45, 7) is 0.730. The van der Waals surface area contributed by atoms with E-state index in [9.17, 15) is 9.59 Å². The number of rotatable bonds is 2. The summed E-state index contributed by atoms with van der Waals surface area (Å²) in [6, 6.07) is 7.32. The molecule has 1 aromatic carbocycles. The maximum Gasteiger partial charge on any atom is 0.331 e. The lowest BCUT2D eigenvalue weighted by atomic mass is 10.2. The topological polar surface area (TPSA) is 44.0 Å². The highest BCUT2D eigenvalue weighted by Gasteiger charge is 2.23. The van der Waals surface area contributed by atoms with E-state index >= 15 is 0 Å². The Hall–Kier alpha value is -1.84. The van der Waals surface area contributed by atoms with Crippen LogP contribution in [0.5, 0.6) is 0 Å². The second kappa shape index (κ2) is 3.58. The van der Waals surface area contributed by atoms with Crippen molar-refractivity contribution >= 4 is 10.9 Å². The molecule has 1 fully saturated rings. The summed E-state index contributed by atoms with van der Waals surface area (Å²) in [6.07, 6.45) is 2.37. The van der Waals surface area contributed by atoms with Gasteiger partial charge in [-0.25, -0.2) is 4.79 Å². The van der Waals surface area contributed by atoms with Crippen molar-refractivity contribution in [3.63, 3.8) is 0 Å². The summed E-state index contributed by atoms with van der Waals surface area (Å²) in [5, 5.41) is 0.621. The minimum absolute atomic E-state index is 0.208. The van der Waals surface area contributed by atoms with Crippen molar-refractivity contribution in [2.45, 2.75) is 19.4 Å². The van der Waals surface area contributed by atoms with Crippen LogP contribution in [0.3, 0.4) is 0 Å². The Labute approximate surface area is 98.1 Å². The fourth-order valence-corrected chi connectivity index (χ4v) is 2.18. The van der Waals surface area contributed by atoms with E-state index in [2.05, 4.69) is 0 Å². The van der Waals surface area contributed by atoms with Gasteiger partial charge in [0.2, 0.25) is 0 Å². The van der Waals surface area contributed by atoms with Gasteiger partial charge in [0.15, 0.2) is 0 Å². The quantitative estimate of drug-likeness (QED) is 0.775. The van der Waals surface area contributed by atoms with Crippen molar-refractivity contribution in [1.82, 2.24) is 9.13 Å².